The molecule has 3 aliphatic carbocycles. The Morgan fingerprint density at radius 1 is 0.938 bits per heavy atom. The van der Waals surface area contributed by atoms with Crippen molar-refractivity contribution in [1.29, 1.82) is 0 Å². The van der Waals surface area contributed by atoms with Gasteiger partial charge in [-0.25, -0.2) is 0 Å². The summed E-state index contributed by atoms with van der Waals surface area (Å²) in [7, 11) is 0. The van der Waals surface area contributed by atoms with Crippen LogP contribution in [0.5, 0.6) is 0 Å². The molecular weight excluding hydrogens is 396 g/mol. The van der Waals surface area contributed by atoms with Crippen LogP contribution >= 0.6 is 0 Å². The quantitative estimate of drug-likeness (QED) is 0.379. The molecule has 32 heavy (non-hydrogen) atoms. The average Bonchev–Trinajstić information content (AvgIpc) is 3.09. The summed E-state index contributed by atoms with van der Waals surface area (Å²) >= 11 is 0. The van der Waals surface area contributed by atoms with Gasteiger partial charge in [0, 0.05) is 5.41 Å². The van der Waals surface area contributed by atoms with Crippen LogP contribution in [-0.2, 0) is 0 Å². The van der Waals surface area contributed by atoms with E-state index in [1.165, 1.54) is 44.1 Å². The van der Waals surface area contributed by atoms with Gasteiger partial charge in [0.1, 0.15) is 0 Å². The molecule has 3 N–H and O–H groups in total. The standard InChI is InChI=1S/C29H52O3/c1-7-21(19(2)3)9-8-20(4)24-10-11-25-23(14-17-30)26(13-16-28(24,25)5)29(6)15-12-22(31)18-27(29)32/h14,19-22,24-27,30-32H,7-13,15-18H2,1-6H3/b23-14-/t20-,21-,22+,24-,25?,26?,27+,28-,29-/m1/s1. The van der Waals surface area contributed by atoms with Gasteiger partial charge in [-0.15, -0.1) is 0 Å². The second-order valence-electron chi connectivity index (χ2n) is 12.6. The van der Waals surface area contributed by atoms with Crippen molar-refractivity contribution < 1.29 is 15.3 Å². The first-order valence-corrected chi connectivity index (χ1v) is 13.7. The molecule has 0 spiro atoms. The Bertz CT molecular complexity index is 642. The second-order valence-corrected chi connectivity index (χ2v) is 12.6. The van der Waals surface area contributed by atoms with Gasteiger partial charge in [-0.3, -0.25) is 0 Å². The van der Waals surface area contributed by atoms with Crippen LogP contribution in [-0.4, -0.2) is 34.1 Å². The summed E-state index contributed by atoms with van der Waals surface area (Å²) in [6, 6.07) is 0. The molecule has 0 bridgehead atoms. The molecule has 9 atom stereocenters. The van der Waals surface area contributed by atoms with Gasteiger partial charge in [0.05, 0.1) is 18.8 Å². The molecule has 2 unspecified atom stereocenters. The van der Waals surface area contributed by atoms with E-state index in [1.54, 1.807) is 0 Å². The van der Waals surface area contributed by atoms with Gasteiger partial charge in [-0.05, 0) is 92.3 Å². The summed E-state index contributed by atoms with van der Waals surface area (Å²) in [4.78, 5) is 0. The normalized spacial score (nSPS) is 43.4. The third-order valence-electron chi connectivity index (χ3n) is 10.7. The van der Waals surface area contributed by atoms with Gasteiger partial charge < -0.3 is 15.3 Å². The number of allylic oxidation sites excluding steroid dienone is 1. The Kier molecular flexibility index (Phi) is 8.59. The summed E-state index contributed by atoms with van der Waals surface area (Å²) in [5.74, 6) is 3.97. The minimum Gasteiger partial charge on any atom is -0.393 e. The number of hydrogen-bond donors (Lipinski definition) is 3. The van der Waals surface area contributed by atoms with Gasteiger partial charge in [0.25, 0.3) is 0 Å². The van der Waals surface area contributed by atoms with Crippen LogP contribution in [0.3, 0.4) is 0 Å². The highest BCUT2D eigenvalue weighted by Crippen LogP contribution is 2.64. The predicted octanol–water partition coefficient (Wildman–Crippen LogP) is 6.36. The molecule has 3 saturated carbocycles. The number of fused-ring (bicyclic) bond motifs is 1. The Labute approximate surface area is 198 Å². The highest BCUT2D eigenvalue weighted by atomic mass is 16.3. The first-order valence-electron chi connectivity index (χ1n) is 13.7. The van der Waals surface area contributed by atoms with Crippen molar-refractivity contribution >= 4 is 0 Å². The van der Waals surface area contributed by atoms with Gasteiger partial charge in [-0.1, -0.05) is 66.0 Å². The Hall–Kier alpha value is -0.380. The lowest BCUT2D eigenvalue weighted by Crippen LogP contribution is -2.50. The lowest BCUT2D eigenvalue weighted by molar-refractivity contribution is -0.0856. The van der Waals surface area contributed by atoms with Crippen LogP contribution in [0.1, 0.15) is 106 Å². The van der Waals surface area contributed by atoms with Crippen molar-refractivity contribution in [1.82, 2.24) is 0 Å². The van der Waals surface area contributed by atoms with E-state index < -0.39 is 6.10 Å². The molecule has 3 heteroatoms. The van der Waals surface area contributed by atoms with E-state index >= 15 is 0 Å². The maximum Gasteiger partial charge on any atom is 0.0624 e. The van der Waals surface area contributed by atoms with Crippen LogP contribution in [0.15, 0.2) is 11.6 Å². The third kappa shape index (κ3) is 4.86. The summed E-state index contributed by atoms with van der Waals surface area (Å²) in [5.41, 5.74) is 1.56. The first kappa shape index (κ1) is 26.2. The molecule has 0 amide bonds. The van der Waals surface area contributed by atoms with E-state index in [4.69, 9.17) is 0 Å². The monoisotopic (exact) mass is 448 g/mol. The van der Waals surface area contributed by atoms with Gasteiger partial charge >= 0.3 is 0 Å². The number of rotatable bonds is 8. The summed E-state index contributed by atoms with van der Waals surface area (Å²) in [6.07, 6.45) is 12.3. The summed E-state index contributed by atoms with van der Waals surface area (Å²) in [5, 5.41) is 31.1. The van der Waals surface area contributed by atoms with Crippen molar-refractivity contribution in [3.05, 3.63) is 11.6 Å². The summed E-state index contributed by atoms with van der Waals surface area (Å²) < 4.78 is 0. The van der Waals surface area contributed by atoms with E-state index in [0.29, 0.717) is 23.7 Å². The maximum atomic E-state index is 11.0. The zero-order chi connectivity index (χ0) is 23.7. The van der Waals surface area contributed by atoms with Crippen molar-refractivity contribution in [2.24, 2.45) is 46.3 Å². The fraction of sp³-hybridized carbons (Fsp3) is 0.931. The van der Waals surface area contributed by atoms with Crippen molar-refractivity contribution in [3.8, 4) is 0 Å². The van der Waals surface area contributed by atoms with E-state index in [1.807, 2.05) is 0 Å². The molecule has 3 fully saturated rings. The topological polar surface area (TPSA) is 60.7 Å². The molecule has 0 radical (unpaired) electrons. The molecule has 0 aromatic heterocycles. The summed E-state index contributed by atoms with van der Waals surface area (Å²) in [6.45, 7) is 14.5. The second kappa shape index (κ2) is 10.5. The largest absolute Gasteiger partial charge is 0.393 e. The highest BCUT2D eigenvalue weighted by molar-refractivity contribution is 5.25. The Morgan fingerprint density at radius 2 is 1.59 bits per heavy atom. The van der Waals surface area contributed by atoms with Crippen LogP contribution in [0.4, 0.5) is 0 Å². The molecule has 0 aromatic rings. The van der Waals surface area contributed by atoms with Crippen molar-refractivity contribution in [2.45, 2.75) is 118 Å². The zero-order valence-electron chi connectivity index (χ0n) is 21.8. The molecule has 3 aliphatic rings. The zero-order valence-corrected chi connectivity index (χ0v) is 21.8. The van der Waals surface area contributed by atoms with Crippen LogP contribution in [0, 0.1) is 46.3 Å². The van der Waals surface area contributed by atoms with Gasteiger partial charge in [-0.2, -0.15) is 0 Å². The van der Waals surface area contributed by atoms with Crippen molar-refractivity contribution in [3.63, 3.8) is 0 Å². The fourth-order valence-electron chi connectivity index (χ4n) is 8.45. The molecule has 0 aliphatic heterocycles. The van der Waals surface area contributed by atoms with E-state index in [9.17, 15) is 15.3 Å². The molecule has 0 aromatic carbocycles. The minimum atomic E-state index is -0.458. The van der Waals surface area contributed by atoms with Gasteiger partial charge in [0.2, 0.25) is 0 Å². The molecule has 3 rings (SSSR count). The SMILES string of the molecule is CC[C@H](CC[C@@H](C)[C@H]1CCC2/C(=C/CO)C([C@@]3(C)CC[C@H](O)C[C@@H]3O)CC[C@@]21C)C(C)C. The van der Waals surface area contributed by atoms with Crippen LogP contribution in [0.2, 0.25) is 0 Å². The number of aliphatic hydroxyl groups is 3. The lowest BCUT2D eigenvalue weighted by atomic mass is 9.51. The molecule has 0 heterocycles. The average molecular weight is 449 g/mol. The van der Waals surface area contributed by atoms with E-state index in [-0.39, 0.29) is 18.1 Å². The Morgan fingerprint density at radius 3 is 2.19 bits per heavy atom. The molecule has 0 saturated heterocycles. The Balaban J connectivity index is 1.78. The van der Waals surface area contributed by atoms with Gasteiger partial charge in [0.15, 0.2) is 0 Å². The molecule has 186 valence electrons. The first-order chi connectivity index (χ1) is 15.1. The van der Waals surface area contributed by atoms with Crippen LogP contribution in [0.25, 0.3) is 0 Å². The van der Waals surface area contributed by atoms with E-state index in [2.05, 4.69) is 47.6 Å². The minimum absolute atomic E-state index is 0.0972. The third-order valence-corrected chi connectivity index (χ3v) is 10.7. The van der Waals surface area contributed by atoms with Crippen LogP contribution < -0.4 is 0 Å². The molecule has 3 nitrogen and oxygen atoms in total. The number of hydrogen-bond acceptors (Lipinski definition) is 3. The lowest BCUT2D eigenvalue weighted by Gasteiger charge is -2.54. The smallest absolute Gasteiger partial charge is 0.0624 e. The predicted molar refractivity (Wildman–Crippen MR) is 133 cm³/mol. The highest BCUT2D eigenvalue weighted by Gasteiger charge is 2.56. The maximum absolute atomic E-state index is 11.0. The van der Waals surface area contributed by atoms with E-state index in [0.717, 1.165) is 42.9 Å². The van der Waals surface area contributed by atoms with Crippen molar-refractivity contribution in [2.75, 3.05) is 6.61 Å². The molecular formula is C29H52O3. The number of aliphatic hydroxyl groups excluding tert-OH is 3. The fourth-order valence-corrected chi connectivity index (χ4v) is 8.45.